The summed E-state index contributed by atoms with van der Waals surface area (Å²) in [7, 11) is 3.99. The van der Waals surface area contributed by atoms with E-state index in [0.29, 0.717) is 29.9 Å². The Labute approximate surface area is 141 Å². The van der Waals surface area contributed by atoms with Gasteiger partial charge in [-0.1, -0.05) is 18.2 Å². The zero-order chi connectivity index (χ0) is 17.4. The van der Waals surface area contributed by atoms with Crippen LogP contribution in [0, 0.1) is 5.82 Å². The predicted molar refractivity (Wildman–Crippen MR) is 93.5 cm³/mol. The summed E-state index contributed by atoms with van der Waals surface area (Å²) in [5, 5.41) is 5.96. The molecule has 2 N–H and O–H groups in total. The molecule has 1 amide bonds. The number of nitrogens with zero attached hydrogens (tertiary/aromatic N) is 2. The quantitative estimate of drug-likeness (QED) is 0.730. The number of carbonyl (C=O) groups excluding carboxylic acids is 1. The second-order valence-electron chi connectivity index (χ2n) is 5.82. The van der Waals surface area contributed by atoms with E-state index in [1.54, 1.807) is 30.5 Å². The van der Waals surface area contributed by atoms with E-state index in [-0.39, 0.29) is 11.7 Å². The van der Waals surface area contributed by atoms with Crippen molar-refractivity contribution in [2.24, 2.45) is 0 Å². The first-order chi connectivity index (χ1) is 11.6. The SMILES string of the molecule is CN(C)CCCNC(=O)c1cncc(NCc2ccccc2F)c1. The summed E-state index contributed by atoms with van der Waals surface area (Å²) < 4.78 is 13.6. The van der Waals surface area contributed by atoms with Crippen LogP contribution in [0.3, 0.4) is 0 Å². The zero-order valence-corrected chi connectivity index (χ0v) is 14.1. The summed E-state index contributed by atoms with van der Waals surface area (Å²) in [4.78, 5) is 18.3. The molecule has 24 heavy (non-hydrogen) atoms. The summed E-state index contributed by atoms with van der Waals surface area (Å²) in [5.74, 6) is -0.413. The summed E-state index contributed by atoms with van der Waals surface area (Å²) in [6.45, 7) is 1.87. The maximum Gasteiger partial charge on any atom is 0.252 e. The van der Waals surface area contributed by atoms with Gasteiger partial charge in [-0.05, 0) is 39.2 Å². The summed E-state index contributed by atoms with van der Waals surface area (Å²) in [6.07, 6.45) is 4.02. The number of amides is 1. The summed E-state index contributed by atoms with van der Waals surface area (Å²) >= 11 is 0. The molecule has 0 saturated carbocycles. The van der Waals surface area contributed by atoms with E-state index in [4.69, 9.17) is 0 Å². The third-order valence-electron chi connectivity index (χ3n) is 3.51. The van der Waals surface area contributed by atoms with Crippen molar-refractivity contribution in [3.63, 3.8) is 0 Å². The zero-order valence-electron chi connectivity index (χ0n) is 14.1. The van der Waals surface area contributed by atoms with Crippen molar-refractivity contribution in [2.45, 2.75) is 13.0 Å². The number of anilines is 1. The molecule has 6 heteroatoms. The molecule has 0 atom stereocenters. The van der Waals surface area contributed by atoms with Gasteiger partial charge in [-0.15, -0.1) is 0 Å². The van der Waals surface area contributed by atoms with Gasteiger partial charge in [-0.2, -0.15) is 0 Å². The maximum absolute atomic E-state index is 13.6. The maximum atomic E-state index is 13.6. The fourth-order valence-electron chi connectivity index (χ4n) is 2.20. The van der Waals surface area contributed by atoms with Gasteiger partial charge >= 0.3 is 0 Å². The van der Waals surface area contributed by atoms with E-state index >= 15 is 0 Å². The van der Waals surface area contributed by atoms with Crippen molar-refractivity contribution in [3.05, 3.63) is 59.7 Å². The van der Waals surface area contributed by atoms with Crippen molar-refractivity contribution in [1.82, 2.24) is 15.2 Å². The van der Waals surface area contributed by atoms with Crippen molar-refractivity contribution >= 4 is 11.6 Å². The van der Waals surface area contributed by atoms with Gasteiger partial charge < -0.3 is 15.5 Å². The molecule has 128 valence electrons. The molecular weight excluding hydrogens is 307 g/mol. The van der Waals surface area contributed by atoms with Crippen molar-refractivity contribution in [1.29, 1.82) is 0 Å². The molecule has 0 aliphatic rings. The fraction of sp³-hybridized carbons (Fsp3) is 0.333. The average molecular weight is 330 g/mol. The Hall–Kier alpha value is -2.47. The molecule has 0 aliphatic carbocycles. The topological polar surface area (TPSA) is 57.3 Å². The molecule has 5 nitrogen and oxygen atoms in total. The molecule has 0 unspecified atom stereocenters. The Kier molecular flexibility index (Phi) is 6.69. The Morgan fingerprint density at radius 3 is 2.79 bits per heavy atom. The highest BCUT2D eigenvalue weighted by molar-refractivity contribution is 5.94. The van der Waals surface area contributed by atoms with Gasteiger partial charge in [0.15, 0.2) is 0 Å². The molecule has 1 heterocycles. The van der Waals surface area contributed by atoms with Gasteiger partial charge in [0, 0.05) is 31.0 Å². The van der Waals surface area contributed by atoms with Crippen molar-refractivity contribution < 1.29 is 9.18 Å². The third-order valence-corrected chi connectivity index (χ3v) is 3.51. The molecule has 0 radical (unpaired) electrons. The highest BCUT2D eigenvalue weighted by Gasteiger charge is 2.07. The second-order valence-corrected chi connectivity index (χ2v) is 5.82. The molecule has 1 aromatic heterocycles. The van der Waals surface area contributed by atoms with E-state index in [1.807, 2.05) is 14.1 Å². The lowest BCUT2D eigenvalue weighted by Gasteiger charge is -2.11. The molecule has 0 bridgehead atoms. The van der Waals surface area contributed by atoms with E-state index in [9.17, 15) is 9.18 Å². The van der Waals surface area contributed by atoms with Crippen LogP contribution in [-0.4, -0.2) is 43.0 Å². The van der Waals surface area contributed by atoms with Gasteiger partial charge in [0.25, 0.3) is 5.91 Å². The lowest BCUT2D eigenvalue weighted by molar-refractivity contribution is 0.0952. The Morgan fingerprint density at radius 1 is 1.25 bits per heavy atom. The Bertz CT molecular complexity index is 676. The first-order valence-corrected chi connectivity index (χ1v) is 7.91. The number of nitrogens with one attached hydrogen (secondary N) is 2. The number of aromatic nitrogens is 1. The Balaban J connectivity index is 1.89. The lowest BCUT2D eigenvalue weighted by Crippen LogP contribution is -2.27. The number of halogens is 1. The minimum Gasteiger partial charge on any atom is -0.380 e. The van der Waals surface area contributed by atoms with Crippen LogP contribution in [0.5, 0.6) is 0 Å². The van der Waals surface area contributed by atoms with Crippen LogP contribution in [0.2, 0.25) is 0 Å². The van der Waals surface area contributed by atoms with Gasteiger partial charge in [-0.3, -0.25) is 9.78 Å². The molecular formula is C18H23FN4O. The lowest BCUT2D eigenvalue weighted by atomic mass is 10.2. The van der Waals surface area contributed by atoms with E-state index in [1.165, 1.54) is 12.3 Å². The van der Waals surface area contributed by atoms with Crippen LogP contribution in [0.15, 0.2) is 42.7 Å². The second kappa shape index (κ2) is 8.98. The van der Waals surface area contributed by atoms with Crippen LogP contribution in [0.25, 0.3) is 0 Å². The number of hydrogen-bond donors (Lipinski definition) is 2. The number of benzene rings is 1. The smallest absolute Gasteiger partial charge is 0.252 e. The monoisotopic (exact) mass is 330 g/mol. The van der Waals surface area contributed by atoms with Crippen LogP contribution in [0.4, 0.5) is 10.1 Å². The van der Waals surface area contributed by atoms with E-state index in [2.05, 4.69) is 20.5 Å². The molecule has 0 spiro atoms. The van der Waals surface area contributed by atoms with Crippen LogP contribution in [-0.2, 0) is 6.54 Å². The van der Waals surface area contributed by atoms with Gasteiger partial charge in [0.05, 0.1) is 11.3 Å². The number of pyridine rings is 1. The number of rotatable bonds is 8. The first kappa shape index (κ1) is 17.9. The standard InChI is InChI=1S/C18H23FN4O/c1-23(2)9-5-8-21-18(24)15-10-16(13-20-11-15)22-12-14-6-3-4-7-17(14)19/h3-4,6-7,10-11,13,22H,5,8-9,12H2,1-2H3,(H,21,24). The van der Waals surface area contributed by atoms with Crippen molar-refractivity contribution in [2.75, 3.05) is 32.5 Å². The summed E-state index contributed by atoms with van der Waals surface area (Å²) in [6, 6.07) is 8.30. The molecule has 0 fully saturated rings. The fourth-order valence-corrected chi connectivity index (χ4v) is 2.20. The number of hydrogen-bond acceptors (Lipinski definition) is 4. The molecule has 1 aromatic carbocycles. The van der Waals surface area contributed by atoms with E-state index in [0.717, 1.165) is 13.0 Å². The van der Waals surface area contributed by atoms with E-state index < -0.39 is 0 Å². The molecule has 0 aliphatic heterocycles. The van der Waals surface area contributed by atoms with Crippen LogP contribution >= 0.6 is 0 Å². The van der Waals surface area contributed by atoms with Gasteiger partial charge in [0.2, 0.25) is 0 Å². The minimum absolute atomic E-state index is 0.157. The van der Waals surface area contributed by atoms with Gasteiger partial charge in [-0.25, -0.2) is 4.39 Å². The van der Waals surface area contributed by atoms with Crippen molar-refractivity contribution in [3.8, 4) is 0 Å². The minimum atomic E-state index is -0.257. The molecule has 2 aromatic rings. The van der Waals surface area contributed by atoms with Crippen LogP contribution < -0.4 is 10.6 Å². The average Bonchev–Trinajstić information content (AvgIpc) is 2.58. The largest absolute Gasteiger partial charge is 0.380 e. The number of carbonyl (C=O) groups is 1. The molecule has 2 rings (SSSR count). The van der Waals surface area contributed by atoms with Crippen LogP contribution in [0.1, 0.15) is 22.3 Å². The third kappa shape index (κ3) is 5.62. The molecule has 0 saturated heterocycles. The Morgan fingerprint density at radius 2 is 2.04 bits per heavy atom. The normalized spacial score (nSPS) is 10.7. The highest BCUT2D eigenvalue weighted by atomic mass is 19.1. The predicted octanol–water partition coefficient (Wildman–Crippen LogP) is 2.51. The summed E-state index contributed by atoms with van der Waals surface area (Å²) in [5.41, 5.74) is 1.73. The van der Waals surface area contributed by atoms with Gasteiger partial charge in [0.1, 0.15) is 5.82 Å². The first-order valence-electron chi connectivity index (χ1n) is 7.91. The highest BCUT2D eigenvalue weighted by Crippen LogP contribution is 2.12.